The highest BCUT2D eigenvalue weighted by atomic mass is 16.2. The number of rotatable bonds is 3. The molecule has 2 heterocycles. The molecular weight excluding hydrogens is 326 g/mol. The maximum Gasteiger partial charge on any atom is 0.256 e. The largest absolute Gasteiger partial charge is 0.360 e. The van der Waals surface area contributed by atoms with Gasteiger partial charge < -0.3 is 9.88 Å². The summed E-state index contributed by atoms with van der Waals surface area (Å²) in [6.45, 7) is 4.76. The Kier molecular flexibility index (Phi) is 4.47. The van der Waals surface area contributed by atoms with E-state index in [2.05, 4.69) is 22.9 Å². The van der Waals surface area contributed by atoms with Crippen molar-refractivity contribution in [2.75, 3.05) is 26.2 Å². The van der Waals surface area contributed by atoms with Crippen LogP contribution in [-0.4, -0.2) is 58.7 Å². The van der Waals surface area contributed by atoms with Crippen LogP contribution in [0.2, 0.25) is 0 Å². The summed E-state index contributed by atoms with van der Waals surface area (Å²) in [7, 11) is 0. The lowest BCUT2D eigenvalue weighted by Crippen LogP contribution is -2.53. The number of carbonyl (C=O) groups is 2. The van der Waals surface area contributed by atoms with E-state index in [0.29, 0.717) is 26.2 Å². The van der Waals surface area contributed by atoms with Crippen molar-refractivity contribution in [3.8, 4) is 0 Å². The van der Waals surface area contributed by atoms with Crippen LogP contribution in [0.15, 0.2) is 54.3 Å². The molecule has 26 heavy (non-hydrogen) atoms. The minimum Gasteiger partial charge on any atom is -0.360 e. The molecule has 1 saturated heterocycles. The van der Waals surface area contributed by atoms with E-state index in [1.54, 1.807) is 12.3 Å². The number of aromatic amines is 1. The maximum absolute atomic E-state index is 12.9. The van der Waals surface area contributed by atoms with Gasteiger partial charge in [-0.1, -0.05) is 37.3 Å². The van der Waals surface area contributed by atoms with Crippen LogP contribution in [0, 0.1) is 0 Å². The third-order valence-corrected chi connectivity index (χ3v) is 5.33. The van der Waals surface area contributed by atoms with E-state index in [9.17, 15) is 9.59 Å². The lowest BCUT2D eigenvalue weighted by Gasteiger charge is -2.38. The van der Waals surface area contributed by atoms with E-state index in [1.165, 1.54) is 0 Å². The molecule has 5 nitrogen and oxygen atoms in total. The zero-order valence-corrected chi connectivity index (χ0v) is 14.9. The highest BCUT2D eigenvalue weighted by Gasteiger charge is 2.30. The Labute approximate surface area is 153 Å². The zero-order valence-electron chi connectivity index (χ0n) is 14.9. The number of carbonyl (C=O) groups excluding carboxylic acids is 2. The maximum atomic E-state index is 12.9. The third kappa shape index (κ3) is 2.99. The van der Waals surface area contributed by atoms with Crippen molar-refractivity contribution in [3.63, 3.8) is 0 Å². The second-order valence-electron chi connectivity index (χ2n) is 6.86. The predicted molar refractivity (Wildman–Crippen MR) is 102 cm³/mol. The van der Waals surface area contributed by atoms with E-state index >= 15 is 0 Å². The van der Waals surface area contributed by atoms with E-state index in [1.807, 2.05) is 35.2 Å². The van der Waals surface area contributed by atoms with Crippen molar-refractivity contribution < 1.29 is 9.59 Å². The second-order valence-corrected chi connectivity index (χ2v) is 6.86. The predicted octanol–water partition coefficient (Wildman–Crippen LogP) is 2.77. The van der Waals surface area contributed by atoms with E-state index in [4.69, 9.17) is 0 Å². The summed E-state index contributed by atoms with van der Waals surface area (Å²) in [5.41, 5.74) is 2.78. The zero-order chi connectivity index (χ0) is 18.1. The monoisotopic (exact) mass is 349 g/mol. The highest BCUT2D eigenvalue weighted by Crippen LogP contribution is 2.21. The summed E-state index contributed by atoms with van der Waals surface area (Å²) in [4.78, 5) is 32.5. The number of hydrogen-bond donors (Lipinski definition) is 1. The molecule has 5 heteroatoms. The molecule has 1 aliphatic heterocycles. The standard InChI is InChI=1S/C21H23N3O2/c1-2-15-7-8-19(20(25)13-15)23-9-11-24(12-10-23)21(26)17-14-22-18-6-4-3-5-16(17)18/h3-8,13-14,19,22H,2,9-12H2,1H3. The third-order valence-electron chi connectivity index (χ3n) is 5.33. The Bertz CT molecular complexity index is 901. The van der Waals surface area contributed by atoms with Gasteiger partial charge in [-0.2, -0.15) is 0 Å². The van der Waals surface area contributed by atoms with Crippen LogP contribution >= 0.6 is 0 Å². The Morgan fingerprint density at radius 3 is 2.69 bits per heavy atom. The summed E-state index contributed by atoms with van der Waals surface area (Å²) in [5.74, 6) is 0.210. The van der Waals surface area contributed by atoms with Crippen molar-refractivity contribution in [2.24, 2.45) is 0 Å². The molecule has 1 amide bonds. The highest BCUT2D eigenvalue weighted by molar-refractivity contribution is 6.06. The average molecular weight is 349 g/mol. The van der Waals surface area contributed by atoms with Crippen molar-refractivity contribution in [2.45, 2.75) is 19.4 Å². The molecular formula is C21H23N3O2. The van der Waals surface area contributed by atoms with Gasteiger partial charge in [0, 0.05) is 43.3 Å². The van der Waals surface area contributed by atoms with Crippen molar-refractivity contribution in [1.82, 2.24) is 14.8 Å². The van der Waals surface area contributed by atoms with Crippen LogP contribution in [0.5, 0.6) is 0 Å². The van der Waals surface area contributed by atoms with Crippen LogP contribution in [0.25, 0.3) is 10.9 Å². The molecule has 1 aromatic carbocycles. The molecule has 0 spiro atoms. The summed E-state index contributed by atoms with van der Waals surface area (Å²) in [5, 5.41) is 0.961. The lowest BCUT2D eigenvalue weighted by molar-refractivity contribution is -0.118. The van der Waals surface area contributed by atoms with E-state index in [0.717, 1.165) is 28.5 Å². The molecule has 4 rings (SSSR count). The minimum atomic E-state index is -0.185. The van der Waals surface area contributed by atoms with Gasteiger partial charge in [-0.3, -0.25) is 14.5 Å². The number of amides is 1. The van der Waals surface area contributed by atoms with Gasteiger partial charge in [-0.25, -0.2) is 0 Å². The Morgan fingerprint density at radius 2 is 1.96 bits per heavy atom. The van der Waals surface area contributed by atoms with Crippen molar-refractivity contribution >= 4 is 22.6 Å². The summed E-state index contributed by atoms with van der Waals surface area (Å²) < 4.78 is 0. The molecule has 1 aromatic heterocycles. The summed E-state index contributed by atoms with van der Waals surface area (Å²) in [6.07, 6.45) is 8.48. The number of benzene rings is 1. The molecule has 2 aromatic rings. The van der Waals surface area contributed by atoms with Gasteiger partial charge in [0.1, 0.15) is 0 Å². The van der Waals surface area contributed by atoms with Gasteiger partial charge in [-0.05, 0) is 24.1 Å². The number of aromatic nitrogens is 1. The van der Waals surface area contributed by atoms with Crippen LogP contribution in [-0.2, 0) is 4.79 Å². The van der Waals surface area contributed by atoms with Crippen LogP contribution in [0.1, 0.15) is 23.7 Å². The number of piperazine rings is 1. The van der Waals surface area contributed by atoms with Crippen LogP contribution in [0.3, 0.4) is 0 Å². The molecule has 1 fully saturated rings. The number of allylic oxidation sites excluding steroid dienone is 2. The number of fused-ring (bicyclic) bond motifs is 1. The van der Waals surface area contributed by atoms with Gasteiger partial charge >= 0.3 is 0 Å². The molecule has 1 aliphatic carbocycles. The number of hydrogen-bond acceptors (Lipinski definition) is 3. The fourth-order valence-electron chi connectivity index (χ4n) is 3.77. The SMILES string of the molecule is CCC1=CC(=O)C(N2CCN(C(=O)c3c[nH]c4ccccc34)CC2)C=C1. The number of ketones is 1. The topological polar surface area (TPSA) is 56.4 Å². The molecule has 0 saturated carbocycles. The van der Waals surface area contributed by atoms with Crippen LogP contribution in [0.4, 0.5) is 0 Å². The Hall–Kier alpha value is -2.66. The van der Waals surface area contributed by atoms with Gasteiger partial charge in [0.15, 0.2) is 5.78 Å². The van der Waals surface area contributed by atoms with Crippen LogP contribution < -0.4 is 0 Å². The molecule has 1 N–H and O–H groups in total. The number of nitrogens with zero attached hydrogens (tertiary/aromatic N) is 2. The van der Waals surface area contributed by atoms with Gasteiger partial charge in [0.2, 0.25) is 0 Å². The summed E-state index contributed by atoms with van der Waals surface area (Å²) >= 11 is 0. The molecule has 1 atom stereocenters. The quantitative estimate of drug-likeness (QED) is 0.927. The first kappa shape index (κ1) is 16.8. The van der Waals surface area contributed by atoms with E-state index in [-0.39, 0.29) is 17.7 Å². The first-order valence-electron chi connectivity index (χ1n) is 9.19. The Morgan fingerprint density at radius 1 is 1.19 bits per heavy atom. The Balaban J connectivity index is 1.42. The fraction of sp³-hybridized carbons (Fsp3) is 0.333. The molecule has 2 aliphatic rings. The first-order valence-corrected chi connectivity index (χ1v) is 9.19. The number of H-pyrrole nitrogens is 1. The van der Waals surface area contributed by atoms with E-state index < -0.39 is 0 Å². The molecule has 0 radical (unpaired) electrons. The number of para-hydroxylation sites is 1. The normalized spacial score (nSPS) is 21.3. The van der Waals surface area contributed by atoms with Crippen molar-refractivity contribution in [1.29, 1.82) is 0 Å². The average Bonchev–Trinajstić information content (AvgIpc) is 3.11. The second kappa shape index (κ2) is 6.92. The summed E-state index contributed by atoms with van der Waals surface area (Å²) in [6, 6.07) is 7.67. The number of nitrogens with one attached hydrogen (secondary N) is 1. The molecule has 134 valence electrons. The van der Waals surface area contributed by atoms with Gasteiger partial charge in [0.25, 0.3) is 5.91 Å². The van der Waals surface area contributed by atoms with Gasteiger partial charge in [0.05, 0.1) is 11.6 Å². The first-order chi connectivity index (χ1) is 12.7. The smallest absolute Gasteiger partial charge is 0.256 e. The lowest BCUT2D eigenvalue weighted by atomic mass is 9.98. The molecule has 0 bridgehead atoms. The van der Waals surface area contributed by atoms with Gasteiger partial charge in [-0.15, -0.1) is 0 Å². The van der Waals surface area contributed by atoms with Crippen molar-refractivity contribution in [3.05, 3.63) is 59.8 Å². The molecule has 1 unspecified atom stereocenters. The fourth-order valence-corrected chi connectivity index (χ4v) is 3.77. The minimum absolute atomic E-state index is 0.0563.